The van der Waals surface area contributed by atoms with Crippen LogP contribution in [-0.4, -0.2) is 129 Å². The molecule has 0 spiro atoms. The number of likely N-dealkylation sites (tertiary alicyclic amines) is 1. The number of carboxylic acid groups (broad SMARTS) is 1. The third-order valence-corrected chi connectivity index (χ3v) is 11.7. The summed E-state index contributed by atoms with van der Waals surface area (Å²) in [5, 5.41) is 15.6. The molecule has 5 N–H and O–H groups in total. The van der Waals surface area contributed by atoms with Crippen LogP contribution < -0.4 is 20.7 Å². The molecular formula is C37H57F3N6O11S. The predicted octanol–water partition coefficient (Wildman–Crippen LogP) is 3.10. The summed E-state index contributed by atoms with van der Waals surface area (Å²) < 4.78 is 77.4. The van der Waals surface area contributed by atoms with Crippen molar-refractivity contribution in [1.82, 2.24) is 25.2 Å². The molecular weight excluding hydrogens is 793 g/mol. The van der Waals surface area contributed by atoms with Crippen LogP contribution in [0.1, 0.15) is 74.1 Å². The van der Waals surface area contributed by atoms with Crippen LogP contribution in [0, 0.1) is 17.8 Å². The van der Waals surface area contributed by atoms with Crippen molar-refractivity contribution in [1.29, 1.82) is 0 Å². The number of methoxy groups -OCH3 is 2. The second-order valence-corrected chi connectivity index (χ2v) is 17.0. The van der Waals surface area contributed by atoms with Gasteiger partial charge in [0.1, 0.15) is 11.6 Å². The second kappa shape index (κ2) is 20.5. The molecule has 1 fully saturated rings. The molecule has 6 unspecified atom stereocenters. The average Bonchev–Trinajstić information content (AvgIpc) is 3.61. The highest BCUT2D eigenvalue weighted by Crippen LogP contribution is 2.30. The number of hydrogen-bond acceptors (Lipinski definition) is 10. The smallest absolute Gasteiger partial charge is 0.465 e. The van der Waals surface area contributed by atoms with Crippen molar-refractivity contribution in [3.63, 3.8) is 0 Å². The summed E-state index contributed by atoms with van der Waals surface area (Å²) in [5.74, 6) is -6.53. The minimum absolute atomic E-state index is 0.196. The van der Waals surface area contributed by atoms with Crippen LogP contribution in [0.5, 0.6) is 0 Å². The number of hydrogen-bond donors (Lipinski definition) is 5. The van der Waals surface area contributed by atoms with Crippen LogP contribution in [0.4, 0.5) is 23.7 Å². The Kier molecular flexibility index (Phi) is 17.5. The molecule has 1 aromatic carbocycles. The predicted molar refractivity (Wildman–Crippen MR) is 205 cm³/mol. The SMILES string of the molecule is CCC(C)C(C(CC(=O)N1CCC[C@H]1C(OC)C(C)C(=O)NS(=O)(=O)c1ccc(NC(=O)C(F)(F)F)cc1)OC)N(C)C(=O)C(NC(=O)C(C)(C)NC(=O)O)C(C)C. The van der Waals surface area contributed by atoms with Gasteiger partial charge in [0.25, 0.3) is 10.0 Å². The van der Waals surface area contributed by atoms with Gasteiger partial charge < -0.3 is 40.3 Å². The van der Waals surface area contributed by atoms with E-state index in [1.54, 1.807) is 26.2 Å². The average molecular weight is 851 g/mol. The van der Waals surface area contributed by atoms with Gasteiger partial charge in [0.15, 0.2) is 0 Å². The van der Waals surface area contributed by atoms with Gasteiger partial charge in [-0.2, -0.15) is 13.2 Å². The molecule has 0 aliphatic carbocycles. The molecule has 1 aromatic rings. The van der Waals surface area contributed by atoms with Crippen molar-refractivity contribution >= 4 is 51.3 Å². The maximum atomic E-state index is 14.1. The van der Waals surface area contributed by atoms with Gasteiger partial charge in [-0.1, -0.05) is 41.0 Å². The number of amides is 6. The largest absolute Gasteiger partial charge is 0.471 e. The van der Waals surface area contributed by atoms with Crippen LogP contribution in [0.15, 0.2) is 29.2 Å². The maximum Gasteiger partial charge on any atom is 0.471 e. The van der Waals surface area contributed by atoms with Gasteiger partial charge >= 0.3 is 18.2 Å². The number of halogens is 3. The molecule has 6 amide bonds. The minimum Gasteiger partial charge on any atom is -0.465 e. The zero-order valence-electron chi connectivity index (χ0n) is 34.4. The minimum atomic E-state index is -5.16. The maximum absolute atomic E-state index is 14.1. The Morgan fingerprint density at radius 3 is 2.05 bits per heavy atom. The van der Waals surface area contributed by atoms with Gasteiger partial charge in [-0.25, -0.2) is 17.9 Å². The van der Waals surface area contributed by atoms with Crippen LogP contribution in [0.2, 0.25) is 0 Å². The fourth-order valence-electron chi connectivity index (χ4n) is 6.89. The molecule has 1 aliphatic rings. The molecule has 58 heavy (non-hydrogen) atoms. The standard InChI is InChI=1S/C37H57F3N6O11S/c1-11-21(4)29(45(8)32(49)28(20(2)3)42-33(50)36(6,7)43-35(52)53)26(56-9)19-27(47)46-18-12-13-25(46)30(57-10)22(5)31(48)44-58(54,55)24-16-14-23(15-17-24)41-34(51)37(38,39)40/h14-17,20-22,25-26,28-30,43H,11-13,18-19H2,1-10H3,(H,41,51)(H,42,50)(H,44,48)(H,52,53)/t21?,22?,25-,26?,28?,29?,30?/m0/s1. The van der Waals surface area contributed by atoms with Gasteiger partial charge in [0.05, 0.1) is 41.5 Å². The third-order valence-electron chi connectivity index (χ3n) is 10.4. The van der Waals surface area contributed by atoms with E-state index >= 15 is 0 Å². The Balaban J connectivity index is 2.27. The van der Waals surface area contributed by atoms with Crippen molar-refractivity contribution in [2.24, 2.45) is 17.8 Å². The molecule has 0 saturated carbocycles. The summed E-state index contributed by atoms with van der Waals surface area (Å²) in [6.07, 6.45) is -7.06. The number of carbonyl (C=O) groups is 6. The lowest BCUT2D eigenvalue weighted by Gasteiger charge is -2.41. The first-order valence-corrected chi connectivity index (χ1v) is 20.2. The molecule has 17 nitrogen and oxygen atoms in total. The van der Waals surface area contributed by atoms with E-state index < -0.39 is 98.5 Å². The highest BCUT2D eigenvalue weighted by atomic mass is 32.2. The van der Waals surface area contributed by atoms with E-state index in [1.807, 2.05) is 18.6 Å². The fraction of sp³-hybridized carbons (Fsp3) is 0.676. The number of rotatable bonds is 19. The van der Waals surface area contributed by atoms with Crippen LogP contribution in [0.25, 0.3) is 0 Å². The number of carbonyl (C=O) groups excluding carboxylic acids is 5. The van der Waals surface area contributed by atoms with Crippen molar-refractivity contribution in [2.75, 3.05) is 33.1 Å². The number of alkyl halides is 3. The molecule has 0 radical (unpaired) electrons. The van der Waals surface area contributed by atoms with Crippen molar-refractivity contribution in [3.05, 3.63) is 24.3 Å². The highest BCUT2D eigenvalue weighted by Gasteiger charge is 2.44. The van der Waals surface area contributed by atoms with E-state index in [1.165, 1.54) is 44.8 Å². The fourth-order valence-corrected chi connectivity index (χ4v) is 7.95. The van der Waals surface area contributed by atoms with E-state index in [4.69, 9.17) is 9.47 Å². The summed E-state index contributed by atoms with van der Waals surface area (Å²) in [7, 11) is -0.254. The van der Waals surface area contributed by atoms with E-state index in [-0.39, 0.29) is 30.5 Å². The molecule has 1 saturated heterocycles. The quantitative estimate of drug-likeness (QED) is 0.136. The molecule has 21 heteroatoms. The molecule has 1 heterocycles. The van der Waals surface area contributed by atoms with Crippen molar-refractivity contribution in [2.45, 2.75) is 121 Å². The molecule has 0 bridgehead atoms. The number of nitrogens with zero attached hydrogens (tertiary/aromatic N) is 2. The zero-order chi connectivity index (χ0) is 44.5. The molecule has 1 aliphatic heterocycles. The molecule has 2 rings (SSSR count). The Labute approximate surface area is 337 Å². The van der Waals surface area contributed by atoms with Gasteiger partial charge in [0, 0.05) is 33.5 Å². The van der Waals surface area contributed by atoms with Crippen LogP contribution in [0.3, 0.4) is 0 Å². The first-order chi connectivity index (χ1) is 26.7. The lowest BCUT2D eigenvalue weighted by atomic mass is 9.89. The Morgan fingerprint density at radius 2 is 1.57 bits per heavy atom. The van der Waals surface area contributed by atoms with Gasteiger partial charge in [0.2, 0.25) is 23.6 Å². The first kappa shape index (κ1) is 49.6. The monoisotopic (exact) mass is 850 g/mol. The van der Waals surface area contributed by atoms with Crippen molar-refractivity contribution in [3.8, 4) is 0 Å². The lowest BCUT2D eigenvalue weighted by molar-refractivity contribution is -0.167. The van der Waals surface area contributed by atoms with Gasteiger partial charge in [-0.3, -0.25) is 24.0 Å². The Hall–Kier alpha value is -4.50. The molecule has 0 aromatic heterocycles. The van der Waals surface area contributed by atoms with Gasteiger partial charge in [-0.05, 0) is 62.8 Å². The Morgan fingerprint density at radius 1 is 0.983 bits per heavy atom. The lowest BCUT2D eigenvalue weighted by Crippen LogP contribution is -2.62. The highest BCUT2D eigenvalue weighted by molar-refractivity contribution is 7.90. The zero-order valence-corrected chi connectivity index (χ0v) is 35.2. The second-order valence-electron chi connectivity index (χ2n) is 15.3. The Bertz CT molecular complexity index is 1740. The van der Waals surface area contributed by atoms with E-state index in [0.29, 0.717) is 19.3 Å². The van der Waals surface area contributed by atoms with E-state index in [9.17, 15) is 55.5 Å². The summed E-state index contributed by atoms with van der Waals surface area (Å²) >= 11 is 0. The number of sulfonamides is 1. The van der Waals surface area contributed by atoms with Crippen LogP contribution >= 0.6 is 0 Å². The van der Waals surface area contributed by atoms with E-state index in [0.717, 1.165) is 24.3 Å². The molecule has 7 atom stereocenters. The van der Waals surface area contributed by atoms with Gasteiger partial charge in [-0.15, -0.1) is 0 Å². The summed E-state index contributed by atoms with van der Waals surface area (Å²) in [6, 6.07) is 1.31. The summed E-state index contributed by atoms with van der Waals surface area (Å²) in [5.41, 5.74) is -1.87. The number of ether oxygens (including phenoxy) is 2. The first-order valence-electron chi connectivity index (χ1n) is 18.7. The topological polar surface area (TPSA) is 230 Å². The number of benzene rings is 1. The third kappa shape index (κ3) is 12.7. The number of likely N-dealkylation sites (N-methyl/N-ethyl adjacent to an activating group) is 1. The summed E-state index contributed by atoms with van der Waals surface area (Å²) in [6.45, 7) is 11.7. The number of anilines is 1. The normalized spacial score (nSPS) is 18.0. The van der Waals surface area contributed by atoms with Crippen LogP contribution in [-0.2, 0) is 43.5 Å². The van der Waals surface area contributed by atoms with Crippen molar-refractivity contribution < 1.29 is 64.9 Å². The summed E-state index contributed by atoms with van der Waals surface area (Å²) in [4.78, 5) is 79.6. The number of nitrogens with one attached hydrogen (secondary N) is 4. The molecule has 328 valence electrons. The van der Waals surface area contributed by atoms with E-state index in [2.05, 4.69) is 10.6 Å².